The molecule has 0 aromatic heterocycles. The molecule has 0 aliphatic carbocycles. The minimum atomic E-state index is -4.38. The maximum absolute atomic E-state index is 11.7. The van der Waals surface area contributed by atoms with Gasteiger partial charge in [-0.05, 0) is 24.0 Å². The van der Waals surface area contributed by atoms with Crippen molar-refractivity contribution in [3.8, 4) is 0 Å². The van der Waals surface area contributed by atoms with Crippen molar-refractivity contribution in [1.82, 2.24) is 4.31 Å². The molecule has 2 aromatic rings. The molecule has 3 rings (SSSR count). The third-order valence-corrected chi connectivity index (χ3v) is 5.44. The van der Waals surface area contributed by atoms with Crippen LogP contribution in [-0.4, -0.2) is 35.0 Å². The Bertz CT molecular complexity index is 722. The lowest BCUT2D eigenvalue weighted by atomic mass is 9.79. The highest BCUT2D eigenvalue weighted by Gasteiger charge is 2.48. The topological polar surface area (TPSA) is 77.8 Å². The normalized spacial score (nSPS) is 19.8. The van der Waals surface area contributed by atoms with Crippen LogP contribution in [0.4, 0.5) is 0 Å². The molecule has 2 aromatic carbocycles. The summed E-state index contributed by atoms with van der Waals surface area (Å²) in [7, 11) is -4.38. The molecule has 6 heteroatoms. The van der Waals surface area contributed by atoms with Crippen molar-refractivity contribution < 1.29 is 18.1 Å². The first-order chi connectivity index (χ1) is 10.9. The maximum Gasteiger partial charge on any atom is 0.336 e. The van der Waals surface area contributed by atoms with Crippen LogP contribution in [-0.2, 0) is 15.9 Å². The molecule has 1 saturated heterocycles. The molecule has 1 aliphatic rings. The van der Waals surface area contributed by atoms with Gasteiger partial charge < -0.3 is 5.11 Å². The summed E-state index contributed by atoms with van der Waals surface area (Å²) in [5, 5.41) is 11.6. The van der Waals surface area contributed by atoms with E-state index in [4.69, 9.17) is 0 Å². The van der Waals surface area contributed by atoms with Crippen LogP contribution < -0.4 is 0 Å². The number of benzene rings is 2. The summed E-state index contributed by atoms with van der Waals surface area (Å²) in [6, 6.07) is 17.2. The smallest absolute Gasteiger partial charge is 0.336 e. The zero-order chi connectivity index (χ0) is 16.5. The van der Waals surface area contributed by atoms with Gasteiger partial charge in [0.05, 0.1) is 6.04 Å². The van der Waals surface area contributed by atoms with Crippen LogP contribution in [0.2, 0.25) is 0 Å². The van der Waals surface area contributed by atoms with E-state index in [-0.39, 0.29) is 6.54 Å². The largest absolute Gasteiger partial charge is 0.379 e. The molecule has 0 unspecified atom stereocenters. The molecule has 2 N–H and O–H groups in total. The highest BCUT2D eigenvalue weighted by molar-refractivity contribution is 7.83. The van der Waals surface area contributed by atoms with Crippen LogP contribution >= 0.6 is 0 Å². The first kappa shape index (κ1) is 16.1. The Morgan fingerprint density at radius 3 is 1.87 bits per heavy atom. The number of aliphatic hydroxyl groups is 1. The molecule has 0 saturated carbocycles. The molecule has 122 valence electrons. The molecule has 0 spiro atoms. The van der Waals surface area contributed by atoms with Gasteiger partial charge in [0.25, 0.3) is 0 Å². The lowest BCUT2D eigenvalue weighted by Gasteiger charge is -2.38. The standard InChI is InChI=1S/C17H19NO4S/c19-17(14-8-3-1-4-9-14,15-10-5-2-6-11-15)16-12-7-13-18(16)23(20,21)22/h1-6,8-11,16,19H,7,12-13H2,(H,20,21,22)/t16-/m0/s1. The average molecular weight is 333 g/mol. The fraction of sp³-hybridized carbons (Fsp3) is 0.294. The highest BCUT2D eigenvalue weighted by atomic mass is 32.2. The monoisotopic (exact) mass is 333 g/mol. The molecule has 1 aliphatic heterocycles. The van der Waals surface area contributed by atoms with Crippen molar-refractivity contribution >= 4 is 10.3 Å². The summed E-state index contributed by atoms with van der Waals surface area (Å²) in [6.45, 7) is 0.200. The molecule has 1 atom stereocenters. The first-order valence-corrected chi connectivity index (χ1v) is 8.91. The lowest BCUT2D eigenvalue weighted by Crippen LogP contribution is -2.50. The van der Waals surface area contributed by atoms with E-state index in [0.717, 1.165) is 4.31 Å². The van der Waals surface area contributed by atoms with Crippen molar-refractivity contribution in [3.63, 3.8) is 0 Å². The van der Waals surface area contributed by atoms with E-state index < -0.39 is 21.9 Å². The van der Waals surface area contributed by atoms with Gasteiger partial charge in [0.2, 0.25) is 0 Å². The second kappa shape index (κ2) is 6.05. The Labute approximate surface area is 136 Å². The van der Waals surface area contributed by atoms with E-state index in [0.29, 0.717) is 24.0 Å². The molecule has 1 fully saturated rings. The number of hydrogen-bond donors (Lipinski definition) is 2. The van der Waals surface area contributed by atoms with E-state index >= 15 is 0 Å². The molecular weight excluding hydrogens is 314 g/mol. The fourth-order valence-electron chi connectivity index (χ4n) is 3.37. The molecule has 0 amide bonds. The van der Waals surface area contributed by atoms with E-state index in [2.05, 4.69) is 0 Å². The van der Waals surface area contributed by atoms with Crippen molar-refractivity contribution in [3.05, 3.63) is 71.8 Å². The molecule has 1 heterocycles. The Morgan fingerprint density at radius 1 is 0.957 bits per heavy atom. The van der Waals surface area contributed by atoms with Gasteiger partial charge in [0, 0.05) is 6.54 Å². The molecular formula is C17H19NO4S. The van der Waals surface area contributed by atoms with Crippen molar-refractivity contribution in [2.45, 2.75) is 24.5 Å². The fourth-order valence-corrected chi connectivity index (χ4v) is 4.31. The van der Waals surface area contributed by atoms with Crippen molar-refractivity contribution in [1.29, 1.82) is 0 Å². The second-order valence-electron chi connectivity index (χ2n) is 5.74. The second-order valence-corrected chi connectivity index (χ2v) is 7.11. The number of nitrogens with zero attached hydrogens (tertiary/aromatic N) is 1. The third kappa shape index (κ3) is 2.90. The predicted molar refractivity (Wildman–Crippen MR) is 87.2 cm³/mol. The summed E-state index contributed by atoms with van der Waals surface area (Å²) in [5.41, 5.74) is -0.312. The van der Waals surface area contributed by atoms with Gasteiger partial charge in [-0.2, -0.15) is 12.7 Å². The van der Waals surface area contributed by atoms with Gasteiger partial charge in [0.1, 0.15) is 5.60 Å². The molecule has 0 radical (unpaired) electrons. The number of rotatable bonds is 4. The van der Waals surface area contributed by atoms with Gasteiger partial charge in [-0.15, -0.1) is 0 Å². The van der Waals surface area contributed by atoms with E-state index in [1.54, 1.807) is 48.5 Å². The van der Waals surface area contributed by atoms with Crippen LogP contribution in [0.25, 0.3) is 0 Å². The zero-order valence-corrected chi connectivity index (χ0v) is 13.4. The Hall–Kier alpha value is -1.73. The summed E-state index contributed by atoms with van der Waals surface area (Å²) in [6.07, 6.45) is 1.06. The van der Waals surface area contributed by atoms with Crippen LogP contribution in [0.3, 0.4) is 0 Å². The van der Waals surface area contributed by atoms with Crippen LogP contribution in [0.5, 0.6) is 0 Å². The quantitative estimate of drug-likeness (QED) is 0.841. The summed E-state index contributed by atoms with van der Waals surface area (Å²) < 4.78 is 34.0. The van der Waals surface area contributed by atoms with Crippen molar-refractivity contribution in [2.24, 2.45) is 0 Å². The Balaban J connectivity index is 2.17. The minimum Gasteiger partial charge on any atom is -0.379 e. The van der Waals surface area contributed by atoms with Crippen molar-refractivity contribution in [2.75, 3.05) is 6.54 Å². The first-order valence-electron chi connectivity index (χ1n) is 7.51. The van der Waals surface area contributed by atoms with E-state index in [9.17, 15) is 18.1 Å². The third-order valence-electron chi connectivity index (χ3n) is 4.41. The maximum atomic E-state index is 11.7. The lowest BCUT2D eigenvalue weighted by molar-refractivity contribution is 0.0182. The van der Waals surface area contributed by atoms with Crippen LogP contribution in [0.15, 0.2) is 60.7 Å². The highest BCUT2D eigenvalue weighted by Crippen LogP contribution is 2.40. The van der Waals surface area contributed by atoms with Gasteiger partial charge in [-0.3, -0.25) is 4.55 Å². The van der Waals surface area contributed by atoms with Gasteiger partial charge >= 0.3 is 10.3 Å². The zero-order valence-electron chi connectivity index (χ0n) is 12.5. The minimum absolute atomic E-state index is 0.200. The molecule has 0 bridgehead atoms. The molecule has 5 nitrogen and oxygen atoms in total. The summed E-state index contributed by atoms with van der Waals surface area (Å²) in [5.74, 6) is 0. The van der Waals surface area contributed by atoms with E-state index in [1.807, 2.05) is 12.1 Å². The van der Waals surface area contributed by atoms with Gasteiger partial charge in [-0.1, -0.05) is 60.7 Å². The van der Waals surface area contributed by atoms with Gasteiger partial charge in [0.15, 0.2) is 0 Å². The Kier molecular flexibility index (Phi) is 4.25. The van der Waals surface area contributed by atoms with Crippen LogP contribution in [0.1, 0.15) is 24.0 Å². The van der Waals surface area contributed by atoms with E-state index in [1.165, 1.54) is 0 Å². The summed E-state index contributed by atoms with van der Waals surface area (Å²) in [4.78, 5) is 0. The summed E-state index contributed by atoms with van der Waals surface area (Å²) >= 11 is 0. The average Bonchev–Trinajstić information content (AvgIpc) is 3.06. The predicted octanol–water partition coefficient (Wildman–Crippen LogP) is 2.19. The number of hydrogen-bond acceptors (Lipinski definition) is 3. The Morgan fingerprint density at radius 2 is 1.43 bits per heavy atom. The SMILES string of the molecule is O=S(=O)(O)N1CCC[C@H]1C(O)(c1ccccc1)c1ccccc1. The van der Waals surface area contributed by atoms with Crippen LogP contribution in [0, 0.1) is 0 Å². The molecule has 23 heavy (non-hydrogen) atoms. The van der Waals surface area contributed by atoms with Gasteiger partial charge in [-0.25, -0.2) is 0 Å².